The van der Waals surface area contributed by atoms with E-state index in [2.05, 4.69) is 4.98 Å². The van der Waals surface area contributed by atoms with Crippen LogP contribution in [0.4, 0.5) is 0 Å². The van der Waals surface area contributed by atoms with E-state index in [9.17, 15) is 14.4 Å². The molecule has 0 saturated heterocycles. The van der Waals surface area contributed by atoms with Crippen LogP contribution in [0.3, 0.4) is 0 Å². The number of nitrogens with zero attached hydrogens (tertiary/aromatic N) is 1. The molecule has 3 rings (SSSR count). The van der Waals surface area contributed by atoms with E-state index in [-0.39, 0.29) is 36.7 Å². The Balaban J connectivity index is 1.71. The molecule has 1 aliphatic rings. The van der Waals surface area contributed by atoms with E-state index in [0.717, 1.165) is 36.8 Å². The Bertz CT molecular complexity index is 865. The number of carbonyl (C=O) groups excluding carboxylic acids is 2. The lowest BCUT2D eigenvalue weighted by Crippen LogP contribution is -2.16. The molecule has 1 heterocycles. The van der Waals surface area contributed by atoms with Crippen LogP contribution in [0.15, 0.2) is 23.6 Å². The molecule has 0 atom stereocenters. The third kappa shape index (κ3) is 5.10. The van der Waals surface area contributed by atoms with Gasteiger partial charge in [-0.25, -0.2) is 4.98 Å². The highest BCUT2D eigenvalue weighted by molar-refractivity contribution is 7.09. The van der Waals surface area contributed by atoms with E-state index in [1.807, 2.05) is 25.1 Å². The van der Waals surface area contributed by atoms with E-state index >= 15 is 0 Å². The van der Waals surface area contributed by atoms with Crippen molar-refractivity contribution < 1.29 is 19.5 Å². The van der Waals surface area contributed by atoms with Gasteiger partial charge in [-0.1, -0.05) is 36.6 Å². The van der Waals surface area contributed by atoms with Gasteiger partial charge in [-0.15, -0.1) is 11.3 Å². The van der Waals surface area contributed by atoms with Crippen LogP contribution in [0, 0.1) is 12.8 Å². The van der Waals surface area contributed by atoms with E-state index in [1.165, 1.54) is 11.3 Å². The van der Waals surface area contributed by atoms with E-state index in [0.29, 0.717) is 16.3 Å². The number of carbonyl (C=O) groups is 3. The van der Waals surface area contributed by atoms with Crippen molar-refractivity contribution >= 4 is 28.9 Å². The summed E-state index contributed by atoms with van der Waals surface area (Å²) in [7, 11) is 0. The fourth-order valence-corrected chi connectivity index (χ4v) is 4.45. The average molecular weight is 385 g/mol. The van der Waals surface area contributed by atoms with Gasteiger partial charge in [0, 0.05) is 23.3 Å². The number of Topliss-reactive ketones (excluding diaryl/α,β-unsaturated/α-hetero) is 2. The van der Waals surface area contributed by atoms with Crippen molar-refractivity contribution in [3.05, 3.63) is 51.0 Å². The summed E-state index contributed by atoms with van der Waals surface area (Å²) in [5, 5.41) is 11.1. The predicted octanol–water partition coefficient (Wildman–Crippen LogP) is 3.81. The number of aryl methyl sites for hydroxylation is 1. The summed E-state index contributed by atoms with van der Waals surface area (Å²) in [6.07, 6.45) is 4.29. The van der Waals surface area contributed by atoms with Gasteiger partial charge in [-0.3, -0.25) is 14.4 Å². The molecule has 1 aromatic carbocycles. The summed E-state index contributed by atoms with van der Waals surface area (Å²) in [6.45, 7) is 1.96. The topological polar surface area (TPSA) is 84.3 Å². The summed E-state index contributed by atoms with van der Waals surface area (Å²) in [5.74, 6) is -0.710. The van der Waals surface area contributed by atoms with Gasteiger partial charge in [0.25, 0.3) is 0 Å². The van der Waals surface area contributed by atoms with Crippen molar-refractivity contribution in [2.45, 2.75) is 51.9 Å². The molecule has 6 heteroatoms. The second kappa shape index (κ2) is 8.57. The molecule has 1 aromatic heterocycles. The molecule has 1 N–H and O–H groups in total. The first kappa shape index (κ1) is 19.4. The molecular weight excluding hydrogens is 362 g/mol. The number of benzene rings is 1. The molecule has 1 saturated carbocycles. The van der Waals surface area contributed by atoms with Crippen molar-refractivity contribution in [3.8, 4) is 0 Å². The SMILES string of the molecule is Cc1ccc(C(=O)C2CCCC2)c(CC(=O)Cc2nc(CC(=O)O)cs2)c1. The van der Waals surface area contributed by atoms with Crippen molar-refractivity contribution in [2.75, 3.05) is 0 Å². The van der Waals surface area contributed by atoms with E-state index < -0.39 is 5.97 Å². The van der Waals surface area contributed by atoms with Crippen LogP contribution in [-0.2, 0) is 28.9 Å². The molecular formula is C21H23NO4S. The largest absolute Gasteiger partial charge is 0.481 e. The third-order valence-electron chi connectivity index (χ3n) is 4.92. The number of hydrogen-bond acceptors (Lipinski definition) is 5. The molecule has 142 valence electrons. The van der Waals surface area contributed by atoms with Crippen LogP contribution >= 0.6 is 11.3 Å². The van der Waals surface area contributed by atoms with Gasteiger partial charge in [0.05, 0.1) is 18.5 Å². The Morgan fingerprint density at radius 3 is 2.59 bits per heavy atom. The van der Waals surface area contributed by atoms with Crippen molar-refractivity contribution in [2.24, 2.45) is 5.92 Å². The molecule has 2 aromatic rings. The second-order valence-corrected chi connectivity index (χ2v) is 8.14. The zero-order valence-corrected chi connectivity index (χ0v) is 16.2. The summed E-state index contributed by atoms with van der Waals surface area (Å²) >= 11 is 1.30. The van der Waals surface area contributed by atoms with Crippen molar-refractivity contribution in [1.29, 1.82) is 0 Å². The van der Waals surface area contributed by atoms with E-state index in [1.54, 1.807) is 5.38 Å². The Morgan fingerprint density at radius 1 is 1.15 bits per heavy atom. The highest BCUT2D eigenvalue weighted by atomic mass is 32.1. The lowest BCUT2D eigenvalue weighted by molar-refractivity contribution is -0.136. The molecule has 1 aliphatic carbocycles. The first-order chi connectivity index (χ1) is 12.9. The monoisotopic (exact) mass is 385 g/mol. The smallest absolute Gasteiger partial charge is 0.309 e. The third-order valence-corrected chi connectivity index (χ3v) is 5.82. The maximum absolute atomic E-state index is 12.8. The lowest BCUT2D eigenvalue weighted by Gasteiger charge is -2.13. The molecule has 0 radical (unpaired) electrons. The first-order valence-corrected chi connectivity index (χ1v) is 10.1. The Morgan fingerprint density at radius 2 is 1.89 bits per heavy atom. The molecule has 0 unspecified atom stereocenters. The number of aromatic nitrogens is 1. The molecule has 27 heavy (non-hydrogen) atoms. The van der Waals surface area contributed by atoms with Gasteiger partial charge in [-0.05, 0) is 25.3 Å². The highest BCUT2D eigenvalue weighted by Gasteiger charge is 2.26. The number of thiazole rings is 1. The summed E-state index contributed by atoms with van der Waals surface area (Å²) < 4.78 is 0. The minimum absolute atomic E-state index is 0.0164. The van der Waals surface area contributed by atoms with Crippen LogP contribution in [-0.4, -0.2) is 27.6 Å². The fourth-order valence-electron chi connectivity index (χ4n) is 3.63. The predicted molar refractivity (Wildman–Crippen MR) is 103 cm³/mol. The number of rotatable bonds is 8. The van der Waals surface area contributed by atoms with Crippen molar-refractivity contribution in [1.82, 2.24) is 4.98 Å². The fraction of sp³-hybridized carbons (Fsp3) is 0.429. The lowest BCUT2D eigenvalue weighted by atomic mass is 9.90. The van der Waals surface area contributed by atoms with Gasteiger partial charge in [0.15, 0.2) is 5.78 Å². The number of ketones is 2. The molecule has 0 bridgehead atoms. The average Bonchev–Trinajstić information content (AvgIpc) is 3.26. The maximum Gasteiger partial charge on any atom is 0.309 e. The quantitative estimate of drug-likeness (QED) is 0.699. The van der Waals surface area contributed by atoms with Gasteiger partial charge in [0.2, 0.25) is 0 Å². The molecule has 0 aliphatic heterocycles. The molecule has 1 fully saturated rings. The standard InChI is InChI=1S/C21H23NO4S/c1-13-6-7-18(21(26)14-4-2-3-5-14)15(8-13)9-17(23)11-19-22-16(12-27-19)10-20(24)25/h6-8,12,14H,2-5,9-11H2,1H3,(H,24,25). The van der Waals surface area contributed by atoms with Gasteiger partial charge in [0.1, 0.15) is 10.8 Å². The molecule has 5 nitrogen and oxygen atoms in total. The van der Waals surface area contributed by atoms with E-state index in [4.69, 9.17) is 5.11 Å². The zero-order chi connectivity index (χ0) is 19.4. The number of aliphatic carboxylic acids is 1. The van der Waals surface area contributed by atoms with Crippen LogP contribution < -0.4 is 0 Å². The van der Waals surface area contributed by atoms with Gasteiger partial charge >= 0.3 is 5.97 Å². The Hall–Kier alpha value is -2.34. The van der Waals surface area contributed by atoms with Crippen LogP contribution in [0.5, 0.6) is 0 Å². The number of hydrogen-bond donors (Lipinski definition) is 1. The normalized spacial score (nSPS) is 14.4. The minimum atomic E-state index is -0.937. The molecule has 0 spiro atoms. The van der Waals surface area contributed by atoms with Crippen LogP contribution in [0.1, 0.15) is 57.9 Å². The first-order valence-electron chi connectivity index (χ1n) is 9.23. The van der Waals surface area contributed by atoms with Crippen LogP contribution in [0.2, 0.25) is 0 Å². The summed E-state index contributed by atoms with van der Waals surface area (Å²) in [6, 6.07) is 5.71. The minimum Gasteiger partial charge on any atom is -0.481 e. The van der Waals surface area contributed by atoms with Crippen LogP contribution in [0.25, 0.3) is 0 Å². The number of carboxylic acid groups (broad SMARTS) is 1. The summed E-state index contributed by atoms with van der Waals surface area (Å²) in [5.41, 5.74) is 2.97. The Labute approximate surface area is 162 Å². The Kier molecular flexibility index (Phi) is 6.16. The van der Waals surface area contributed by atoms with Gasteiger partial charge in [-0.2, -0.15) is 0 Å². The number of carboxylic acids is 1. The molecule has 0 amide bonds. The van der Waals surface area contributed by atoms with Crippen molar-refractivity contribution in [3.63, 3.8) is 0 Å². The zero-order valence-electron chi connectivity index (χ0n) is 15.4. The second-order valence-electron chi connectivity index (χ2n) is 7.20. The summed E-state index contributed by atoms with van der Waals surface area (Å²) in [4.78, 5) is 40.4. The highest BCUT2D eigenvalue weighted by Crippen LogP contribution is 2.29. The van der Waals surface area contributed by atoms with Gasteiger partial charge < -0.3 is 5.11 Å². The maximum atomic E-state index is 12.8.